The molecule has 11 nitrogen and oxygen atoms in total. The van der Waals surface area contributed by atoms with E-state index >= 15 is 0 Å². The average Bonchev–Trinajstić information content (AvgIpc) is 3.01. The maximum absolute atomic E-state index is 11.8. The maximum Gasteiger partial charge on any atom is 0.305 e. The zero-order valence-corrected chi connectivity index (χ0v) is 27.1. The Bertz CT molecular complexity index is 551. The van der Waals surface area contributed by atoms with Crippen LogP contribution in [0.4, 0.5) is 0 Å². The van der Waals surface area contributed by atoms with Crippen molar-refractivity contribution in [3.05, 3.63) is 12.8 Å². The van der Waals surface area contributed by atoms with Gasteiger partial charge in [0.2, 0.25) is 0 Å². The number of carbonyl (C=O) groups excluding carboxylic acids is 1. The molecule has 0 fully saturated rings. The predicted octanol–water partition coefficient (Wildman–Crippen LogP) is 4.74. The van der Waals surface area contributed by atoms with Crippen molar-refractivity contribution in [2.24, 2.45) is 0 Å². The standard InChI is InChI=1S/C32H62O11/c1-3-5-6-7-8-9-10-11-12-13-32(33)43-31-30-42-29-28-41-27-26-40-25-24-39-23-22-38-21-20-37-19-18-36-17-16-35-15-14-34-4-2/h4H,2-3,5-31H2,1H3. The van der Waals surface area contributed by atoms with Gasteiger partial charge in [-0.05, 0) is 6.42 Å². The number of hydrogen-bond donors (Lipinski definition) is 0. The number of hydrogen-bond acceptors (Lipinski definition) is 11. The minimum absolute atomic E-state index is 0.135. The summed E-state index contributed by atoms with van der Waals surface area (Å²) in [6.45, 7) is 14.5. The molecule has 0 N–H and O–H groups in total. The van der Waals surface area contributed by atoms with Gasteiger partial charge in [-0.3, -0.25) is 4.79 Å². The largest absolute Gasteiger partial charge is 0.499 e. The zero-order valence-electron chi connectivity index (χ0n) is 27.1. The number of ether oxygens (including phenoxy) is 10. The molecule has 0 unspecified atom stereocenters. The second kappa shape index (κ2) is 38.7. The lowest BCUT2D eigenvalue weighted by molar-refractivity contribution is -0.145. The maximum atomic E-state index is 11.8. The molecule has 0 aliphatic rings. The van der Waals surface area contributed by atoms with Gasteiger partial charge in [0.05, 0.1) is 112 Å². The molecule has 0 atom stereocenters. The highest BCUT2D eigenvalue weighted by Gasteiger charge is 2.03. The molecule has 0 heterocycles. The summed E-state index contributed by atoms with van der Waals surface area (Å²) in [6.07, 6.45) is 13.0. The molecule has 0 saturated carbocycles. The van der Waals surface area contributed by atoms with E-state index in [4.69, 9.17) is 47.4 Å². The fourth-order valence-electron chi connectivity index (χ4n) is 3.70. The molecule has 0 spiro atoms. The molecular formula is C32H62O11. The Kier molecular flexibility index (Phi) is 37.5. The molecule has 11 heteroatoms. The predicted molar refractivity (Wildman–Crippen MR) is 166 cm³/mol. The second-order valence-corrected chi connectivity index (χ2v) is 9.74. The first-order chi connectivity index (χ1) is 21.3. The van der Waals surface area contributed by atoms with Crippen LogP contribution in [0.15, 0.2) is 12.8 Å². The van der Waals surface area contributed by atoms with Crippen molar-refractivity contribution in [2.45, 2.75) is 71.1 Å². The average molecular weight is 623 g/mol. The number of esters is 1. The molecule has 0 aromatic rings. The first-order valence-corrected chi connectivity index (χ1v) is 16.3. The first-order valence-electron chi connectivity index (χ1n) is 16.3. The van der Waals surface area contributed by atoms with Crippen LogP contribution < -0.4 is 0 Å². The van der Waals surface area contributed by atoms with Crippen molar-refractivity contribution in [2.75, 3.05) is 119 Å². The Morgan fingerprint density at radius 1 is 0.442 bits per heavy atom. The lowest BCUT2D eigenvalue weighted by Gasteiger charge is -2.09. The Hall–Kier alpha value is -1.31. The van der Waals surface area contributed by atoms with Crippen LogP contribution in [-0.2, 0) is 52.2 Å². The van der Waals surface area contributed by atoms with E-state index in [9.17, 15) is 4.79 Å². The van der Waals surface area contributed by atoms with Crippen molar-refractivity contribution >= 4 is 5.97 Å². The lowest BCUT2D eigenvalue weighted by Crippen LogP contribution is -2.15. The molecule has 0 aromatic carbocycles. The highest BCUT2D eigenvalue weighted by molar-refractivity contribution is 5.69. The van der Waals surface area contributed by atoms with Crippen LogP contribution in [-0.4, -0.2) is 125 Å². The van der Waals surface area contributed by atoms with Gasteiger partial charge in [0.25, 0.3) is 0 Å². The van der Waals surface area contributed by atoms with Crippen molar-refractivity contribution in [3.8, 4) is 0 Å². The van der Waals surface area contributed by atoms with Gasteiger partial charge in [0.1, 0.15) is 13.2 Å². The quantitative estimate of drug-likeness (QED) is 0.0541. The summed E-state index contributed by atoms with van der Waals surface area (Å²) >= 11 is 0. The summed E-state index contributed by atoms with van der Waals surface area (Å²) in [5.41, 5.74) is 0. The first kappa shape index (κ1) is 41.7. The van der Waals surface area contributed by atoms with E-state index in [2.05, 4.69) is 13.5 Å². The van der Waals surface area contributed by atoms with E-state index in [-0.39, 0.29) is 5.97 Å². The normalized spacial score (nSPS) is 11.2. The molecular weight excluding hydrogens is 560 g/mol. The molecule has 43 heavy (non-hydrogen) atoms. The van der Waals surface area contributed by atoms with Crippen LogP contribution >= 0.6 is 0 Å². The summed E-state index contributed by atoms with van der Waals surface area (Å²) in [5, 5.41) is 0. The smallest absolute Gasteiger partial charge is 0.305 e. The Labute approximate surface area is 261 Å². The highest BCUT2D eigenvalue weighted by atomic mass is 16.6. The Morgan fingerprint density at radius 2 is 0.744 bits per heavy atom. The van der Waals surface area contributed by atoms with Gasteiger partial charge in [-0.1, -0.05) is 64.9 Å². The van der Waals surface area contributed by atoms with Gasteiger partial charge < -0.3 is 47.4 Å². The topological polar surface area (TPSA) is 109 Å². The van der Waals surface area contributed by atoms with E-state index in [1.807, 2.05) is 0 Å². The molecule has 0 rings (SSSR count). The Morgan fingerprint density at radius 3 is 1.09 bits per heavy atom. The molecule has 0 aliphatic heterocycles. The molecule has 0 amide bonds. The zero-order chi connectivity index (χ0) is 31.2. The van der Waals surface area contributed by atoms with E-state index in [1.165, 1.54) is 51.2 Å². The van der Waals surface area contributed by atoms with Crippen molar-refractivity contribution in [1.29, 1.82) is 0 Å². The second-order valence-electron chi connectivity index (χ2n) is 9.74. The van der Waals surface area contributed by atoms with Crippen molar-refractivity contribution < 1.29 is 52.2 Å². The third kappa shape index (κ3) is 38.7. The minimum atomic E-state index is -0.135. The molecule has 256 valence electrons. The van der Waals surface area contributed by atoms with Gasteiger partial charge in [0, 0.05) is 6.42 Å². The summed E-state index contributed by atoms with van der Waals surface area (Å²) < 4.78 is 53.6. The van der Waals surface area contributed by atoms with Crippen LogP contribution in [0, 0.1) is 0 Å². The van der Waals surface area contributed by atoms with Crippen LogP contribution in [0.2, 0.25) is 0 Å². The molecule has 0 aromatic heterocycles. The van der Waals surface area contributed by atoms with Crippen molar-refractivity contribution in [3.63, 3.8) is 0 Å². The third-order valence-electron chi connectivity index (χ3n) is 6.04. The number of carbonyl (C=O) groups is 1. The minimum Gasteiger partial charge on any atom is -0.499 e. The fraction of sp³-hybridized carbons (Fsp3) is 0.906. The van der Waals surface area contributed by atoms with Gasteiger partial charge >= 0.3 is 5.97 Å². The van der Waals surface area contributed by atoms with E-state index in [1.54, 1.807) is 0 Å². The van der Waals surface area contributed by atoms with E-state index in [0.717, 1.165) is 12.8 Å². The van der Waals surface area contributed by atoms with Crippen LogP contribution in [0.5, 0.6) is 0 Å². The molecule has 0 bridgehead atoms. The summed E-state index contributed by atoms with van der Waals surface area (Å²) in [6, 6.07) is 0. The Balaban J connectivity index is 3.11. The van der Waals surface area contributed by atoms with Gasteiger partial charge in [-0.15, -0.1) is 0 Å². The monoisotopic (exact) mass is 622 g/mol. The van der Waals surface area contributed by atoms with Crippen LogP contribution in [0.3, 0.4) is 0 Å². The lowest BCUT2D eigenvalue weighted by atomic mass is 10.1. The van der Waals surface area contributed by atoms with Crippen LogP contribution in [0.25, 0.3) is 0 Å². The molecule has 0 radical (unpaired) electrons. The third-order valence-corrected chi connectivity index (χ3v) is 6.04. The SMILES string of the molecule is C=COCCOCCOCCOCCOCCOCCOCCOCCOCCOC(=O)CCCCCCCCCCC. The summed E-state index contributed by atoms with van der Waals surface area (Å²) in [4.78, 5) is 11.8. The summed E-state index contributed by atoms with van der Waals surface area (Å²) in [7, 11) is 0. The van der Waals surface area contributed by atoms with E-state index < -0.39 is 0 Å². The number of unbranched alkanes of at least 4 members (excludes halogenated alkanes) is 8. The van der Waals surface area contributed by atoms with Gasteiger partial charge in [-0.2, -0.15) is 0 Å². The number of rotatable bonds is 38. The highest BCUT2D eigenvalue weighted by Crippen LogP contribution is 2.10. The molecule has 0 saturated heterocycles. The van der Waals surface area contributed by atoms with Crippen molar-refractivity contribution in [1.82, 2.24) is 0 Å². The van der Waals surface area contributed by atoms with Gasteiger partial charge in [-0.25, -0.2) is 0 Å². The van der Waals surface area contributed by atoms with E-state index in [0.29, 0.717) is 125 Å². The van der Waals surface area contributed by atoms with Gasteiger partial charge in [0.15, 0.2) is 0 Å². The molecule has 0 aliphatic carbocycles. The summed E-state index contributed by atoms with van der Waals surface area (Å²) in [5.74, 6) is -0.135. The van der Waals surface area contributed by atoms with Crippen LogP contribution in [0.1, 0.15) is 71.1 Å². The fourth-order valence-corrected chi connectivity index (χ4v) is 3.70.